The summed E-state index contributed by atoms with van der Waals surface area (Å²) >= 11 is 7.79. The minimum absolute atomic E-state index is 1.09. The smallest absolute Gasteiger partial charge is 0.0365 e. The van der Waals surface area contributed by atoms with Crippen molar-refractivity contribution in [3.63, 3.8) is 0 Å². The summed E-state index contributed by atoms with van der Waals surface area (Å²) in [5, 5.41) is 3.60. The number of aryl methyl sites for hydroxylation is 1. The molecule has 2 aromatic rings. The Hall–Kier alpha value is 0.390. The molecule has 0 aliphatic rings. The lowest BCUT2D eigenvalue weighted by molar-refractivity contribution is 1.13. The molecular weight excluding hydrogens is 359 g/mol. The van der Waals surface area contributed by atoms with E-state index >= 15 is 0 Å². The summed E-state index contributed by atoms with van der Waals surface area (Å²) in [7, 11) is 0. The van der Waals surface area contributed by atoms with Crippen LogP contribution < -0.4 is 0 Å². The summed E-state index contributed by atoms with van der Waals surface area (Å²) in [5.74, 6) is 0. The summed E-state index contributed by atoms with van der Waals surface area (Å²) in [6.07, 6.45) is 1.09. The van der Waals surface area contributed by atoms with Crippen molar-refractivity contribution in [3.05, 3.63) is 31.1 Å². The van der Waals surface area contributed by atoms with Gasteiger partial charge in [0.25, 0.3) is 0 Å². The molecule has 0 spiro atoms. The first kappa shape index (κ1) is 9.93. The van der Waals surface area contributed by atoms with E-state index in [4.69, 9.17) is 0 Å². The maximum absolute atomic E-state index is 3.59. The van der Waals surface area contributed by atoms with Gasteiger partial charge in [-0.3, -0.25) is 0 Å². The van der Waals surface area contributed by atoms with Crippen LogP contribution in [0.5, 0.6) is 0 Å². The van der Waals surface area contributed by atoms with Crippen LogP contribution in [0, 0.1) is 3.57 Å². The predicted molar refractivity (Wildman–Crippen MR) is 71.6 cm³/mol. The highest BCUT2D eigenvalue weighted by Crippen LogP contribution is 2.32. The Kier molecular flexibility index (Phi) is 2.95. The fourth-order valence-corrected chi connectivity index (χ4v) is 3.96. The zero-order chi connectivity index (χ0) is 9.42. The van der Waals surface area contributed by atoms with Crippen molar-refractivity contribution in [3.8, 4) is 0 Å². The SMILES string of the molecule is CCc1cc2c(I)csc2cc1Br. The minimum Gasteiger partial charge on any atom is -0.143 e. The normalized spacial score (nSPS) is 11.0. The van der Waals surface area contributed by atoms with Gasteiger partial charge in [-0.1, -0.05) is 22.9 Å². The van der Waals surface area contributed by atoms with Crippen LogP contribution in [0.25, 0.3) is 10.1 Å². The van der Waals surface area contributed by atoms with E-state index in [0.717, 1.165) is 6.42 Å². The van der Waals surface area contributed by atoms with Gasteiger partial charge in [-0.2, -0.15) is 0 Å². The molecule has 0 radical (unpaired) electrons. The van der Waals surface area contributed by atoms with Gasteiger partial charge in [0.1, 0.15) is 0 Å². The lowest BCUT2D eigenvalue weighted by Gasteiger charge is -2.01. The molecule has 1 heterocycles. The molecule has 0 atom stereocenters. The van der Waals surface area contributed by atoms with Crippen LogP contribution in [-0.2, 0) is 6.42 Å². The van der Waals surface area contributed by atoms with Crippen LogP contribution in [0.2, 0.25) is 0 Å². The van der Waals surface area contributed by atoms with Gasteiger partial charge in [-0.05, 0) is 46.7 Å². The van der Waals surface area contributed by atoms with Crippen molar-refractivity contribution in [2.75, 3.05) is 0 Å². The zero-order valence-electron chi connectivity index (χ0n) is 7.10. The number of halogens is 2. The third-order valence-electron chi connectivity index (χ3n) is 2.08. The molecule has 0 bridgehead atoms. The highest BCUT2D eigenvalue weighted by molar-refractivity contribution is 14.1. The minimum atomic E-state index is 1.09. The van der Waals surface area contributed by atoms with Gasteiger partial charge in [0.2, 0.25) is 0 Å². The number of benzene rings is 1. The molecule has 0 saturated carbocycles. The van der Waals surface area contributed by atoms with Crippen molar-refractivity contribution in [2.45, 2.75) is 13.3 Å². The van der Waals surface area contributed by atoms with E-state index in [1.165, 1.54) is 23.7 Å². The van der Waals surface area contributed by atoms with Crippen LogP contribution >= 0.6 is 49.9 Å². The van der Waals surface area contributed by atoms with Crippen molar-refractivity contribution in [1.29, 1.82) is 0 Å². The van der Waals surface area contributed by atoms with Gasteiger partial charge in [0, 0.05) is 23.5 Å². The van der Waals surface area contributed by atoms with Gasteiger partial charge in [0.05, 0.1) is 0 Å². The van der Waals surface area contributed by atoms with E-state index in [1.54, 1.807) is 0 Å². The Morgan fingerprint density at radius 1 is 1.46 bits per heavy atom. The Balaban J connectivity index is 2.77. The van der Waals surface area contributed by atoms with E-state index in [9.17, 15) is 0 Å². The second kappa shape index (κ2) is 3.87. The molecule has 0 amide bonds. The average molecular weight is 367 g/mol. The van der Waals surface area contributed by atoms with Crippen LogP contribution in [0.4, 0.5) is 0 Å². The van der Waals surface area contributed by atoms with E-state index < -0.39 is 0 Å². The standard InChI is InChI=1S/C10H8BrIS/c1-2-6-3-7-9(12)5-13-10(7)4-8(6)11/h3-5H,2H2,1H3. The highest BCUT2D eigenvalue weighted by Gasteiger charge is 2.05. The van der Waals surface area contributed by atoms with Crippen molar-refractivity contribution < 1.29 is 0 Å². The molecule has 0 aliphatic heterocycles. The molecule has 1 aromatic heterocycles. The number of hydrogen-bond donors (Lipinski definition) is 0. The van der Waals surface area contributed by atoms with Gasteiger partial charge in [-0.25, -0.2) is 0 Å². The quantitative estimate of drug-likeness (QED) is 0.634. The monoisotopic (exact) mass is 366 g/mol. The number of fused-ring (bicyclic) bond motifs is 1. The van der Waals surface area contributed by atoms with E-state index in [0.29, 0.717) is 0 Å². The van der Waals surface area contributed by atoms with Crippen LogP contribution in [-0.4, -0.2) is 0 Å². The van der Waals surface area contributed by atoms with E-state index in [2.05, 4.69) is 63.0 Å². The number of thiophene rings is 1. The Bertz CT molecular complexity index is 447. The zero-order valence-corrected chi connectivity index (χ0v) is 11.7. The van der Waals surface area contributed by atoms with E-state index in [1.807, 2.05) is 11.3 Å². The Labute approximate surface area is 104 Å². The summed E-state index contributed by atoms with van der Waals surface area (Å²) in [6.45, 7) is 2.19. The van der Waals surface area contributed by atoms with Gasteiger partial charge < -0.3 is 0 Å². The van der Waals surface area contributed by atoms with Crippen molar-refractivity contribution >= 4 is 59.9 Å². The lowest BCUT2D eigenvalue weighted by Crippen LogP contribution is -1.81. The molecule has 0 fully saturated rings. The second-order valence-electron chi connectivity index (χ2n) is 2.88. The van der Waals surface area contributed by atoms with Gasteiger partial charge in [0.15, 0.2) is 0 Å². The summed E-state index contributed by atoms with van der Waals surface area (Å²) in [5.41, 5.74) is 1.39. The molecule has 0 saturated heterocycles. The summed E-state index contributed by atoms with van der Waals surface area (Å²) in [4.78, 5) is 0. The maximum Gasteiger partial charge on any atom is 0.0365 e. The Morgan fingerprint density at radius 3 is 2.92 bits per heavy atom. The first-order valence-corrected chi connectivity index (χ1v) is 6.82. The predicted octanol–water partition coefficient (Wildman–Crippen LogP) is 4.83. The molecule has 0 N–H and O–H groups in total. The third kappa shape index (κ3) is 1.78. The van der Waals surface area contributed by atoms with Crippen LogP contribution in [0.3, 0.4) is 0 Å². The highest BCUT2D eigenvalue weighted by atomic mass is 127. The first-order chi connectivity index (χ1) is 6.22. The molecule has 3 heteroatoms. The molecule has 0 aliphatic carbocycles. The summed E-state index contributed by atoms with van der Waals surface area (Å²) in [6, 6.07) is 4.51. The third-order valence-corrected chi connectivity index (χ3v) is 5.07. The molecule has 1 aromatic carbocycles. The topological polar surface area (TPSA) is 0 Å². The molecule has 0 nitrogen and oxygen atoms in total. The molecular formula is C10H8BrIS. The fraction of sp³-hybridized carbons (Fsp3) is 0.200. The van der Waals surface area contributed by atoms with Gasteiger partial charge in [-0.15, -0.1) is 11.3 Å². The summed E-state index contributed by atoms with van der Waals surface area (Å²) < 4.78 is 3.97. The number of hydrogen-bond acceptors (Lipinski definition) is 1. The number of rotatable bonds is 1. The molecule has 2 rings (SSSR count). The Morgan fingerprint density at radius 2 is 2.23 bits per heavy atom. The van der Waals surface area contributed by atoms with Crippen LogP contribution in [0.15, 0.2) is 22.0 Å². The fourth-order valence-electron chi connectivity index (χ4n) is 1.33. The van der Waals surface area contributed by atoms with Crippen molar-refractivity contribution in [2.24, 2.45) is 0 Å². The van der Waals surface area contributed by atoms with E-state index in [-0.39, 0.29) is 0 Å². The maximum atomic E-state index is 3.59. The average Bonchev–Trinajstić information content (AvgIpc) is 2.46. The van der Waals surface area contributed by atoms with Crippen LogP contribution in [0.1, 0.15) is 12.5 Å². The molecule has 68 valence electrons. The van der Waals surface area contributed by atoms with Crippen molar-refractivity contribution in [1.82, 2.24) is 0 Å². The van der Waals surface area contributed by atoms with Gasteiger partial charge >= 0.3 is 0 Å². The largest absolute Gasteiger partial charge is 0.143 e. The molecule has 0 unspecified atom stereocenters. The lowest BCUT2D eigenvalue weighted by atomic mass is 10.1. The first-order valence-electron chi connectivity index (χ1n) is 4.07. The molecule has 13 heavy (non-hydrogen) atoms. The second-order valence-corrected chi connectivity index (χ2v) is 5.80.